The van der Waals surface area contributed by atoms with Crippen molar-refractivity contribution in [1.82, 2.24) is 5.01 Å². The molecule has 10 heteroatoms. The molecule has 1 aromatic carbocycles. The average molecular weight is 437 g/mol. The highest BCUT2D eigenvalue weighted by atomic mass is 32.2. The summed E-state index contributed by atoms with van der Waals surface area (Å²) >= 11 is 1.26. The van der Waals surface area contributed by atoms with Crippen molar-refractivity contribution in [1.29, 1.82) is 0 Å². The molecule has 0 bridgehead atoms. The maximum Gasteiger partial charge on any atom is 0.416 e. The summed E-state index contributed by atoms with van der Waals surface area (Å²) in [4.78, 5) is 40.8. The van der Waals surface area contributed by atoms with E-state index in [0.29, 0.717) is 17.9 Å². The number of nitrogens with zero attached hydrogens (tertiary/aromatic N) is 3. The molecule has 2 aliphatic rings. The van der Waals surface area contributed by atoms with Crippen LogP contribution in [0.3, 0.4) is 0 Å². The topological polar surface area (TPSA) is 71.2 Å². The average Bonchev–Trinajstić information content (AvgIpc) is 3.51. The number of benzene rings is 1. The lowest BCUT2D eigenvalue weighted by Crippen LogP contribution is -2.31. The fourth-order valence-electron chi connectivity index (χ4n) is 3.21. The van der Waals surface area contributed by atoms with Crippen LogP contribution in [-0.2, 0) is 22.3 Å². The number of carbonyl (C=O) groups excluding carboxylic acids is 3. The molecule has 30 heavy (non-hydrogen) atoms. The van der Waals surface area contributed by atoms with Gasteiger partial charge in [-0.1, -0.05) is 6.07 Å². The Bertz CT molecular complexity index is 980. The Balaban J connectivity index is 2.00. The molecule has 0 radical (unpaired) electrons. The molecule has 158 valence electrons. The third-order valence-corrected chi connectivity index (χ3v) is 5.92. The van der Waals surface area contributed by atoms with Gasteiger partial charge in [-0.05, 0) is 43.7 Å². The fourth-order valence-corrected chi connectivity index (χ4v) is 3.84. The van der Waals surface area contributed by atoms with Gasteiger partial charge in [0.05, 0.1) is 18.0 Å². The van der Waals surface area contributed by atoms with Crippen molar-refractivity contribution in [3.63, 3.8) is 0 Å². The van der Waals surface area contributed by atoms with Crippen LogP contribution in [0, 0.1) is 18.4 Å². The van der Waals surface area contributed by atoms with Crippen LogP contribution in [0.15, 0.2) is 23.3 Å². The van der Waals surface area contributed by atoms with Crippen LogP contribution in [0.25, 0.3) is 4.85 Å². The zero-order valence-corrected chi connectivity index (χ0v) is 17.0. The third kappa shape index (κ3) is 4.26. The van der Waals surface area contributed by atoms with Gasteiger partial charge >= 0.3 is 12.2 Å². The van der Waals surface area contributed by atoms with Crippen LogP contribution < -0.4 is 0 Å². The molecule has 3 rings (SSSR count). The van der Waals surface area contributed by atoms with E-state index in [0.717, 1.165) is 23.2 Å². The Hall–Kier alpha value is -2.67. The number of ketones is 2. The van der Waals surface area contributed by atoms with Gasteiger partial charge in [-0.3, -0.25) is 19.2 Å². The largest absolute Gasteiger partial charge is 0.416 e. The van der Waals surface area contributed by atoms with Crippen LogP contribution in [0.1, 0.15) is 41.3 Å². The van der Waals surface area contributed by atoms with Gasteiger partial charge in [0.2, 0.25) is 5.78 Å². The summed E-state index contributed by atoms with van der Waals surface area (Å²) in [6.45, 7) is 8.53. The minimum absolute atomic E-state index is 0.0984. The van der Waals surface area contributed by atoms with Gasteiger partial charge in [0.1, 0.15) is 5.04 Å². The smallest absolute Gasteiger partial charge is 0.296 e. The lowest BCUT2D eigenvalue weighted by atomic mass is 9.93. The van der Waals surface area contributed by atoms with E-state index in [1.165, 1.54) is 11.8 Å². The van der Waals surface area contributed by atoms with Gasteiger partial charge < -0.3 is 0 Å². The monoisotopic (exact) mass is 437 g/mol. The first-order valence-corrected chi connectivity index (χ1v) is 10.4. The van der Waals surface area contributed by atoms with Gasteiger partial charge in [-0.25, -0.2) is 11.6 Å². The molecular weight excluding hydrogens is 419 g/mol. The summed E-state index contributed by atoms with van der Waals surface area (Å²) in [6, 6.07) is 0.902. The molecule has 1 aromatic rings. The van der Waals surface area contributed by atoms with E-state index in [4.69, 9.17) is 6.57 Å². The number of hydrazone groups is 1. The van der Waals surface area contributed by atoms with Crippen LogP contribution in [0.2, 0.25) is 0 Å². The molecule has 2 unspecified atom stereocenters. The Kier molecular flexibility index (Phi) is 6.04. The van der Waals surface area contributed by atoms with Crippen molar-refractivity contribution in [3.05, 3.63) is 46.3 Å². The van der Waals surface area contributed by atoms with E-state index in [9.17, 15) is 27.6 Å². The fraction of sp³-hybridized carbons (Fsp3) is 0.450. The standard InChI is InChI=1S/C20H18F3N3O3S/c1-10-18(30-3)25-26(19(10)29)9-12-8-13(20(21,22)23)6-7-14(12)17(28)15(24-2)16(27)11-4-5-11/h6-8,10-11,15H,4-5,9H2,1,3H3. The maximum absolute atomic E-state index is 13.2. The molecule has 1 fully saturated rings. The molecule has 0 N–H and O–H groups in total. The molecule has 0 spiro atoms. The molecule has 1 heterocycles. The molecular formula is C20H18F3N3O3S. The second kappa shape index (κ2) is 8.22. The first kappa shape index (κ1) is 22.0. The van der Waals surface area contributed by atoms with Crippen molar-refractivity contribution >= 4 is 34.3 Å². The van der Waals surface area contributed by atoms with E-state index in [2.05, 4.69) is 9.95 Å². The summed E-state index contributed by atoms with van der Waals surface area (Å²) < 4.78 is 39.7. The van der Waals surface area contributed by atoms with Gasteiger partial charge in [-0.2, -0.15) is 18.3 Å². The number of alkyl halides is 3. The molecule has 1 saturated carbocycles. The molecule has 1 aliphatic carbocycles. The summed E-state index contributed by atoms with van der Waals surface area (Å²) in [6.07, 6.45) is -1.72. The van der Waals surface area contributed by atoms with Crippen molar-refractivity contribution in [3.8, 4) is 0 Å². The normalized spacial score (nSPS) is 20.0. The second-order valence-corrected chi connectivity index (χ2v) is 8.03. The van der Waals surface area contributed by atoms with Crippen molar-refractivity contribution in [2.45, 2.75) is 38.5 Å². The van der Waals surface area contributed by atoms with Crippen LogP contribution >= 0.6 is 11.8 Å². The van der Waals surface area contributed by atoms with Crippen molar-refractivity contribution in [2.75, 3.05) is 6.26 Å². The predicted octanol–water partition coefficient (Wildman–Crippen LogP) is 3.81. The number of Topliss-reactive ketones (excluding diaryl/α,β-unsaturated/α-hetero) is 2. The molecule has 0 saturated heterocycles. The number of rotatable bonds is 6. The number of hydrogen-bond donors (Lipinski definition) is 0. The van der Waals surface area contributed by atoms with Crippen LogP contribution in [0.4, 0.5) is 13.2 Å². The molecule has 6 nitrogen and oxygen atoms in total. The van der Waals surface area contributed by atoms with Crippen molar-refractivity contribution in [2.24, 2.45) is 16.9 Å². The maximum atomic E-state index is 13.2. The third-order valence-electron chi connectivity index (χ3n) is 5.07. The zero-order valence-electron chi connectivity index (χ0n) is 16.2. The SMILES string of the molecule is [C-]#[N+]C(C(=O)c1ccc(C(F)(F)F)cc1CN1N=C(SC)C(C)C1=O)C(=O)C1CC1. The van der Waals surface area contributed by atoms with Gasteiger partial charge in [0.15, 0.2) is 0 Å². The Morgan fingerprint density at radius 3 is 2.53 bits per heavy atom. The summed E-state index contributed by atoms with van der Waals surface area (Å²) in [7, 11) is 0. The first-order chi connectivity index (χ1) is 14.1. The zero-order chi connectivity index (χ0) is 22.2. The second-order valence-electron chi connectivity index (χ2n) is 7.20. The molecule has 1 amide bonds. The highest BCUT2D eigenvalue weighted by molar-refractivity contribution is 8.13. The van der Waals surface area contributed by atoms with Crippen molar-refractivity contribution < 1.29 is 27.6 Å². The van der Waals surface area contributed by atoms with E-state index >= 15 is 0 Å². The Labute approximate surface area is 175 Å². The molecule has 2 atom stereocenters. The summed E-state index contributed by atoms with van der Waals surface area (Å²) in [5.74, 6) is -2.63. The van der Waals surface area contributed by atoms with Gasteiger partial charge in [0.25, 0.3) is 11.7 Å². The van der Waals surface area contributed by atoms with E-state index in [-0.39, 0.29) is 23.6 Å². The lowest BCUT2D eigenvalue weighted by molar-refractivity contribution is -0.137. The van der Waals surface area contributed by atoms with Crippen LogP contribution in [0.5, 0.6) is 0 Å². The number of carbonyl (C=O) groups is 3. The number of thioether (sulfide) groups is 1. The number of hydrogen-bond acceptors (Lipinski definition) is 5. The summed E-state index contributed by atoms with van der Waals surface area (Å²) in [5, 5.41) is 5.68. The predicted molar refractivity (Wildman–Crippen MR) is 105 cm³/mol. The molecule has 1 aliphatic heterocycles. The first-order valence-electron chi connectivity index (χ1n) is 9.17. The van der Waals surface area contributed by atoms with Crippen LogP contribution in [-0.4, -0.2) is 39.8 Å². The lowest BCUT2D eigenvalue weighted by Gasteiger charge is -2.17. The minimum atomic E-state index is -4.66. The van der Waals surface area contributed by atoms with E-state index in [1.807, 2.05) is 0 Å². The highest BCUT2D eigenvalue weighted by Gasteiger charge is 2.44. The quantitative estimate of drug-likeness (QED) is 0.386. The van der Waals surface area contributed by atoms with E-state index in [1.54, 1.807) is 13.2 Å². The Morgan fingerprint density at radius 1 is 1.37 bits per heavy atom. The number of amides is 1. The molecule has 0 aromatic heterocycles. The number of halogens is 3. The Morgan fingerprint density at radius 2 is 2.03 bits per heavy atom. The highest BCUT2D eigenvalue weighted by Crippen LogP contribution is 2.35. The van der Waals surface area contributed by atoms with Gasteiger partial charge in [-0.15, -0.1) is 11.8 Å². The summed E-state index contributed by atoms with van der Waals surface area (Å²) in [5.41, 5.74) is -1.26. The minimum Gasteiger partial charge on any atom is -0.296 e. The van der Waals surface area contributed by atoms with E-state index < -0.39 is 41.2 Å². The van der Waals surface area contributed by atoms with Gasteiger partial charge in [0, 0.05) is 11.5 Å².